The number of ether oxygens (including phenoxy) is 1. The molecule has 0 bridgehead atoms. The molecule has 7 nitrogen and oxygen atoms in total. The number of aryl methyl sites for hydroxylation is 1. The van der Waals surface area contributed by atoms with E-state index in [0.29, 0.717) is 17.1 Å². The van der Waals surface area contributed by atoms with E-state index in [4.69, 9.17) is 27.9 Å². The van der Waals surface area contributed by atoms with Gasteiger partial charge in [-0.25, -0.2) is 14.1 Å². The molecule has 0 fully saturated rings. The van der Waals surface area contributed by atoms with Gasteiger partial charge in [-0.2, -0.15) is 5.10 Å². The molecule has 0 radical (unpaired) electrons. The largest absolute Gasteiger partial charge is 0.465 e. The predicted molar refractivity (Wildman–Crippen MR) is 114 cm³/mol. The van der Waals surface area contributed by atoms with Crippen molar-refractivity contribution in [3.8, 4) is 5.69 Å². The van der Waals surface area contributed by atoms with E-state index in [-0.39, 0.29) is 28.8 Å². The zero-order chi connectivity index (χ0) is 22.5. The highest BCUT2D eigenvalue weighted by Crippen LogP contribution is 2.28. The zero-order valence-corrected chi connectivity index (χ0v) is 18.2. The molecule has 0 saturated carbocycles. The molecular weight excluding hydrogens is 446 g/mol. The van der Waals surface area contributed by atoms with E-state index >= 15 is 0 Å². The lowest BCUT2D eigenvalue weighted by molar-refractivity contribution is -0.144. The molecule has 0 aliphatic heterocycles. The lowest BCUT2D eigenvalue weighted by Gasteiger charge is -2.17. The summed E-state index contributed by atoms with van der Waals surface area (Å²) in [6, 6.07) is 8.63. The summed E-state index contributed by atoms with van der Waals surface area (Å²) < 4.78 is 20.2. The number of amides is 1. The second-order valence-corrected chi connectivity index (χ2v) is 7.40. The van der Waals surface area contributed by atoms with E-state index in [1.165, 1.54) is 41.3 Å². The number of esters is 1. The number of nitrogens with zero attached hydrogens (tertiary/aromatic N) is 3. The second-order valence-electron chi connectivity index (χ2n) is 6.59. The van der Waals surface area contributed by atoms with Gasteiger partial charge < -0.3 is 10.1 Å². The summed E-state index contributed by atoms with van der Waals surface area (Å²) in [7, 11) is 0. The monoisotopic (exact) mass is 464 g/mol. The molecule has 1 amide bonds. The Morgan fingerprint density at radius 2 is 1.94 bits per heavy atom. The van der Waals surface area contributed by atoms with Gasteiger partial charge in [-0.05, 0) is 43.7 Å². The molecule has 0 aliphatic rings. The molecular formula is C21H19Cl2FN4O3. The average molecular weight is 465 g/mol. The summed E-state index contributed by atoms with van der Waals surface area (Å²) in [5, 5.41) is 7.02. The van der Waals surface area contributed by atoms with Gasteiger partial charge in [0.15, 0.2) is 0 Å². The molecule has 31 heavy (non-hydrogen) atoms. The highest BCUT2D eigenvalue weighted by Gasteiger charge is 2.25. The third kappa shape index (κ3) is 5.39. The van der Waals surface area contributed by atoms with E-state index in [1.54, 1.807) is 19.9 Å². The molecule has 1 aromatic heterocycles. The lowest BCUT2D eigenvalue weighted by atomic mass is 9.99. The number of hydrogen-bond acceptors (Lipinski definition) is 5. The molecule has 0 spiro atoms. The molecule has 1 unspecified atom stereocenters. The maximum absolute atomic E-state index is 13.6. The molecule has 1 heterocycles. The number of nitrogens with one attached hydrogen (secondary N) is 1. The first-order chi connectivity index (χ1) is 14.8. The summed E-state index contributed by atoms with van der Waals surface area (Å²) in [5.74, 6) is -1.99. The SMILES string of the molecule is CCOC(=O)C(CNC(=O)c1c(Cl)cc(-n2cnc(C)n2)cc1Cl)c1cccc(F)c1. The van der Waals surface area contributed by atoms with E-state index in [9.17, 15) is 14.0 Å². The average Bonchev–Trinajstić information content (AvgIpc) is 3.14. The van der Waals surface area contributed by atoms with Crippen LogP contribution in [0.15, 0.2) is 42.7 Å². The number of carbonyl (C=O) groups excluding carboxylic acids is 2. The number of carbonyl (C=O) groups is 2. The van der Waals surface area contributed by atoms with Gasteiger partial charge in [-0.1, -0.05) is 35.3 Å². The molecule has 0 saturated heterocycles. The number of rotatable bonds is 7. The fourth-order valence-electron chi connectivity index (χ4n) is 2.97. The zero-order valence-electron chi connectivity index (χ0n) is 16.7. The first-order valence-electron chi connectivity index (χ1n) is 9.38. The summed E-state index contributed by atoms with van der Waals surface area (Å²) >= 11 is 12.6. The van der Waals surface area contributed by atoms with E-state index < -0.39 is 23.6 Å². The predicted octanol–water partition coefficient (Wildman–Crippen LogP) is 4.10. The van der Waals surface area contributed by atoms with Crippen LogP contribution in [-0.4, -0.2) is 39.8 Å². The number of benzene rings is 2. The minimum Gasteiger partial charge on any atom is -0.465 e. The lowest BCUT2D eigenvalue weighted by Crippen LogP contribution is -2.33. The Hall–Kier alpha value is -2.97. The van der Waals surface area contributed by atoms with Gasteiger partial charge in [0.2, 0.25) is 0 Å². The van der Waals surface area contributed by atoms with Crippen molar-refractivity contribution in [2.45, 2.75) is 19.8 Å². The van der Waals surface area contributed by atoms with Crippen LogP contribution in [0, 0.1) is 12.7 Å². The van der Waals surface area contributed by atoms with Crippen LogP contribution in [0.2, 0.25) is 10.0 Å². The van der Waals surface area contributed by atoms with Crippen molar-refractivity contribution in [1.29, 1.82) is 0 Å². The van der Waals surface area contributed by atoms with Crippen LogP contribution in [0.25, 0.3) is 5.69 Å². The summed E-state index contributed by atoms with van der Waals surface area (Å²) in [4.78, 5) is 29.2. The van der Waals surface area contributed by atoms with Crippen molar-refractivity contribution in [2.75, 3.05) is 13.2 Å². The van der Waals surface area contributed by atoms with E-state index in [0.717, 1.165) is 0 Å². The number of hydrogen-bond donors (Lipinski definition) is 1. The Bertz CT molecular complexity index is 1100. The molecule has 3 aromatic rings. The minimum atomic E-state index is -0.894. The van der Waals surface area contributed by atoms with Gasteiger partial charge in [-0.3, -0.25) is 9.59 Å². The molecule has 1 N–H and O–H groups in total. The fraction of sp³-hybridized carbons (Fsp3) is 0.238. The van der Waals surface area contributed by atoms with Gasteiger partial charge in [0.05, 0.1) is 33.8 Å². The van der Waals surface area contributed by atoms with Crippen LogP contribution in [-0.2, 0) is 9.53 Å². The van der Waals surface area contributed by atoms with E-state index in [1.807, 2.05) is 0 Å². The first kappa shape index (κ1) is 22.7. The van der Waals surface area contributed by atoms with Crippen molar-refractivity contribution >= 4 is 35.1 Å². The maximum Gasteiger partial charge on any atom is 0.315 e. The normalized spacial score (nSPS) is 11.8. The Kier molecular flexibility index (Phi) is 7.25. The van der Waals surface area contributed by atoms with Gasteiger partial charge in [0.25, 0.3) is 5.91 Å². The van der Waals surface area contributed by atoms with Crippen LogP contribution >= 0.6 is 23.2 Å². The van der Waals surface area contributed by atoms with Crippen molar-refractivity contribution < 1.29 is 18.7 Å². The van der Waals surface area contributed by atoms with E-state index in [2.05, 4.69) is 15.4 Å². The van der Waals surface area contributed by atoms with Crippen molar-refractivity contribution in [1.82, 2.24) is 20.1 Å². The molecule has 0 aliphatic carbocycles. The Balaban J connectivity index is 1.81. The number of halogens is 3. The van der Waals surface area contributed by atoms with Gasteiger partial charge in [-0.15, -0.1) is 0 Å². The van der Waals surface area contributed by atoms with Crippen LogP contribution in [0.3, 0.4) is 0 Å². The topological polar surface area (TPSA) is 86.1 Å². The third-order valence-corrected chi connectivity index (χ3v) is 5.01. The van der Waals surface area contributed by atoms with Crippen molar-refractivity contribution in [3.05, 3.63) is 75.5 Å². The summed E-state index contributed by atoms with van der Waals surface area (Å²) in [6.07, 6.45) is 1.50. The quantitative estimate of drug-likeness (QED) is 0.531. The molecule has 162 valence electrons. The van der Waals surface area contributed by atoms with Crippen molar-refractivity contribution in [2.24, 2.45) is 0 Å². The molecule has 2 aromatic carbocycles. The Labute approximate surface area is 188 Å². The molecule has 3 rings (SSSR count). The van der Waals surface area contributed by atoms with Gasteiger partial charge >= 0.3 is 5.97 Å². The fourth-order valence-corrected chi connectivity index (χ4v) is 3.61. The number of aromatic nitrogens is 3. The third-order valence-electron chi connectivity index (χ3n) is 4.41. The Morgan fingerprint density at radius 3 is 2.52 bits per heavy atom. The van der Waals surface area contributed by atoms with Crippen LogP contribution in [0.4, 0.5) is 4.39 Å². The van der Waals surface area contributed by atoms with Gasteiger partial charge in [0.1, 0.15) is 18.0 Å². The standard InChI is InChI=1S/C21H19Cl2FN4O3/c1-3-31-21(30)16(13-5-4-6-14(24)7-13)10-25-20(29)19-17(22)8-15(9-18(19)23)28-11-26-12(2)27-28/h4-9,11,16H,3,10H2,1-2H3,(H,25,29). The Morgan fingerprint density at radius 1 is 1.23 bits per heavy atom. The first-order valence-corrected chi connectivity index (χ1v) is 10.1. The molecule has 1 atom stereocenters. The second kappa shape index (κ2) is 9.89. The highest BCUT2D eigenvalue weighted by molar-refractivity contribution is 6.40. The van der Waals surface area contributed by atoms with Crippen LogP contribution in [0.5, 0.6) is 0 Å². The van der Waals surface area contributed by atoms with Gasteiger partial charge in [0, 0.05) is 6.54 Å². The highest BCUT2D eigenvalue weighted by atomic mass is 35.5. The molecule has 10 heteroatoms. The smallest absolute Gasteiger partial charge is 0.315 e. The maximum atomic E-state index is 13.6. The minimum absolute atomic E-state index is 0.0470. The summed E-state index contributed by atoms with van der Waals surface area (Å²) in [6.45, 7) is 3.42. The van der Waals surface area contributed by atoms with Crippen molar-refractivity contribution in [3.63, 3.8) is 0 Å². The van der Waals surface area contributed by atoms with Crippen LogP contribution < -0.4 is 5.32 Å². The summed E-state index contributed by atoms with van der Waals surface area (Å²) in [5.41, 5.74) is 0.968. The van der Waals surface area contributed by atoms with Crippen LogP contribution in [0.1, 0.15) is 34.6 Å².